The van der Waals surface area contributed by atoms with Crippen molar-refractivity contribution < 1.29 is 19.4 Å². The van der Waals surface area contributed by atoms with Gasteiger partial charge in [0.05, 0.1) is 11.3 Å². The molecule has 0 unspecified atom stereocenters. The molecule has 1 amide bonds. The molecule has 1 aromatic carbocycles. The Kier molecular flexibility index (Phi) is 5.02. The van der Waals surface area contributed by atoms with Crippen LogP contribution in [0.3, 0.4) is 0 Å². The molecule has 7 heteroatoms. The van der Waals surface area contributed by atoms with Crippen molar-refractivity contribution in [2.24, 2.45) is 0 Å². The minimum absolute atomic E-state index is 0.0138. The lowest BCUT2D eigenvalue weighted by molar-refractivity contribution is 0.0694. The lowest BCUT2D eigenvalue weighted by atomic mass is 10.2. The number of aromatic carboxylic acids is 1. The van der Waals surface area contributed by atoms with E-state index >= 15 is 0 Å². The van der Waals surface area contributed by atoms with Crippen LogP contribution in [0.25, 0.3) is 0 Å². The largest absolute Gasteiger partial charge is 0.478 e. The molecule has 0 aliphatic heterocycles. The molecule has 2 N–H and O–H groups in total. The summed E-state index contributed by atoms with van der Waals surface area (Å²) in [4.78, 5) is 30.5. The maximum Gasteiger partial charge on any atom is 0.414 e. The molecule has 0 spiro atoms. The number of hydrogen-bond acceptors (Lipinski definition) is 5. The quantitative estimate of drug-likeness (QED) is 0.879. The predicted molar refractivity (Wildman–Crippen MR) is 78.6 cm³/mol. The highest BCUT2D eigenvalue weighted by Crippen LogP contribution is 2.10. The summed E-state index contributed by atoms with van der Waals surface area (Å²) in [6.07, 6.45) is 0.882. The predicted octanol–water partition coefficient (Wildman–Crippen LogP) is 2.49. The average Bonchev–Trinajstić information content (AvgIpc) is 2.53. The third-order valence-electron chi connectivity index (χ3n) is 2.86. The zero-order valence-electron chi connectivity index (χ0n) is 11.9. The molecule has 7 nitrogen and oxygen atoms in total. The van der Waals surface area contributed by atoms with E-state index in [-0.39, 0.29) is 18.1 Å². The zero-order chi connectivity index (χ0) is 15.9. The third-order valence-corrected chi connectivity index (χ3v) is 2.86. The fraction of sp³-hybridized carbons (Fsp3) is 0.200. The van der Waals surface area contributed by atoms with Crippen molar-refractivity contribution in [1.29, 1.82) is 0 Å². The fourth-order valence-corrected chi connectivity index (χ4v) is 1.78. The normalized spacial score (nSPS) is 10.0. The number of ether oxygens (including phenoxy) is 1. The van der Waals surface area contributed by atoms with Gasteiger partial charge in [0.15, 0.2) is 0 Å². The van der Waals surface area contributed by atoms with Gasteiger partial charge in [-0.05, 0) is 12.0 Å². The second kappa shape index (κ2) is 7.16. The van der Waals surface area contributed by atoms with Crippen LogP contribution in [0.4, 0.5) is 10.7 Å². The molecule has 1 heterocycles. The van der Waals surface area contributed by atoms with Gasteiger partial charge in [-0.25, -0.2) is 19.6 Å². The molecule has 0 bridgehead atoms. The first-order valence-electron chi connectivity index (χ1n) is 6.67. The smallest absolute Gasteiger partial charge is 0.414 e. The van der Waals surface area contributed by atoms with Crippen molar-refractivity contribution in [2.45, 2.75) is 20.0 Å². The van der Waals surface area contributed by atoms with Gasteiger partial charge in [0.1, 0.15) is 6.61 Å². The fourth-order valence-electron chi connectivity index (χ4n) is 1.78. The third kappa shape index (κ3) is 4.02. The number of hydrogen-bond donors (Lipinski definition) is 2. The van der Waals surface area contributed by atoms with Gasteiger partial charge in [0, 0.05) is 6.20 Å². The Labute approximate surface area is 127 Å². The molecule has 1 aromatic heterocycles. The van der Waals surface area contributed by atoms with Crippen LogP contribution in [0.5, 0.6) is 0 Å². The van der Waals surface area contributed by atoms with E-state index in [1.807, 2.05) is 30.3 Å². The van der Waals surface area contributed by atoms with Crippen LogP contribution >= 0.6 is 0 Å². The maximum atomic E-state index is 11.7. The Hall–Kier alpha value is -2.96. The molecular formula is C15H15N3O4. The van der Waals surface area contributed by atoms with Crippen molar-refractivity contribution in [1.82, 2.24) is 9.97 Å². The summed E-state index contributed by atoms with van der Waals surface area (Å²) in [5.74, 6) is -1.09. The number of carboxylic acid groups (broad SMARTS) is 1. The molecular weight excluding hydrogens is 286 g/mol. The summed E-state index contributed by atoms with van der Waals surface area (Å²) in [6, 6.07) is 9.23. The number of nitrogens with zero attached hydrogens (tertiary/aromatic N) is 2. The minimum atomic E-state index is -1.10. The van der Waals surface area contributed by atoms with Gasteiger partial charge in [0.2, 0.25) is 5.95 Å². The molecule has 0 saturated heterocycles. The van der Waals surface area contributed by atoms with Gasteiger partial charge >= 0.3 is 12.1 Å². The standard InChI is InChI=1S/C15H15N3O4/c1-2-12-11(13(19)20)8-16-14(17-12)18-15(21)22-9-10-6-4-3-5-7-10/h3-8H,2,9H2,1H3,(H,19,20)(H,16,17,18,21). The van der Waals surface area contributed by atoms with E-state index in [9.17, 15) is 9.59 Å². The highest BCUT2D eigenvalue weighted by molar-refractivity contribution is 5.89. The molecule has 114 valence electrons. The van der Waals surface area contributed by atoms with E-state index in [1.54, 1.807) is 6.92 Å². The second-order valence-corrected chi connectivity index (χ2v) is 4.40. The van der Waals surface area contributed by atoms with E-state index in [4.69, 9.17) is 9.84 Å². The summed E-state index contributed by atoms with van der Waals surface area (Å²) in [7, 11) is 0. The number of carbonyl (C=O) groups excluding carboxylic acids is 1. The van der Waals surface area contributed by atoms with E-state index < -0.39 is 12.1 Å². The highest BCUT2D eigenvalue weighted by atomic mass is 16.5. The molecule has 0 aliphatic carbocycles. The number of amides is 1. The summed E-state index contributed by atoms with van der Waals surface area (Å²) in [6.45, 7) is 1.90. The van der Waals surface area contributed by atoms with E-state index in [0.717, 1.165) is 5.56 Å². The monoisotopic (exact) mass is 301 g/mol. The SMILES string of the molecule is CCc1nc(NC(=O)OCc2ccccc2)ncc1C(=O)O. The summed E-state index contributed by atoms with van der Waals surface area (Å²) in [5, 5.41) is 11.4. The van der Waals surface area contributed by atoms with Crippen molar-refractivity contribution in [3.63, 3.8) is 0 Å². The minimum Gasteiger partial charge on any atom is -0.478 e. The Morgan fingerprint density at radius 3 is 2.64 bits per heavy atom. The number of anilines is 1. The lowest BCUT2D eigenvalue weighted by Crippen LogP contribution is -2.17. The number of nitrogens with one attached hydrogen (secondary N) is 1. The number of rotatable bonds is 5. The Balaban J connectivity index is 1.98. The van der Waals surface area contributed by atoms with E-state index in [2.05, 4.69) is 15.3 Å². The number of aromatic nitrogens is 2. The second-order valence-electron chi connectivity index (χ2n) is 4.40. The molecule has 0 atom stereocenters. The molecule has 2 aromatic rings. The van der Waals surface area contributed by atoms with Gasteiger partial charge in [-0.3, -0.25) is 5.32 Å². The summed E-state index contributed by atoms with van der Waals surface area (Å²) < 4.78 is 5.04. The van der Waals surface area contributed by atoms with Gasteiger partial charge in [-0.2, -0.15) is 0 Å². The van der Waals surface area contributed by atoms with Gasteiger partial charge < -0.3 is 9.84 Å². The average molecular weight is 301 g/mol. The number of carboxylic acids is 1. The van der Waals surface area contributed by atoms with Gasteiger partial charge in [0.25, 0.3) is 0 Å². The van der Waals surface area contributed by atoms with Gasteiger partial charge in [-0.1, -0.05) is 37.3 Å². The first-order chi connectivity index (χ1) is 10.6. The topological polar surface area (TPSA) is 101 Å². The summed E-state index contributed by atoms with van der Waals surface area (Å²) in [5.41, 5.74) is 1.22. The van der Waals surface area contributed by atoms with Crippen LogP contribution in [0.1, 0.15) is 28.5 Å². The van der Waals surface area contributed by atoms with Crippen molar-refractivity contribution in [2.75, 3.05) is 5.32 Å². The molecule has 0 radical (unpaired) electrons. The van der Waals surface area contributed by atoms with Crippen LogP contribution in [0, 0.1) is 0 Å². The van der Waals surface area contributed by atoms with Crippen molar-refractivity contribution >= 4 is 18.0 Å². The van der Waals surface area contributed by atoms with Crippen molar-refractivity contribution in [3.8, 4) is 0 Å². The Bertz CT molecular complexity index is 674. The van der Waals surface area contributed by atoms with Crippen molar-refractivity contribution in [3.05, 3.63) is 53.3 Å². The highest BCUT2D eigenvalue weighted by Gasteiger charge is 2.13. The van der Waals surface area contributed by atoms with E-state index in [0.29, 0.717) is 12.1 Å². The lowest BCUT2D eigenvalue weighted by Gasteiger charge is -2.08. The Morgan fingerprint density at radius 2 is 2.00 bits per heavy atom. The summed E-state index contributed by atoms with van der Waals surface area (Å²) >= 11 is 0. The van der Waals surface area contributed by atoms with Crippen LogP contribution in [0.2, 0.25) is 0 Å². The maximum absolute atomic E-state index is 11.7. The van der Waals surface area contributed by atoms with Crippen LogP contribution < -0.4 is 5.32 Å². The molecule has 2 rings (SSSR count). The van der Waals surface area contributed by atoms with Crippen LogP contribution in [-0.4, -0.2) is 27.1 Å². The molecule has 0 fully saturated rings. The van der Waals surface area contributed by atoms with Crippen LogP contribution in [0.15, 0.2) is 36.5 Å². The number of aryl methyl sites for hydroxylation is 1. The Morgan fingerprint density at radius 1 is 1.27 bits per heavy atom. The molecule has 22 heavy (non-hydrogen) atoms. The molecule has 0 aliphatic rings. The first kappa shape index (κ1) is 15.4. The number of carbonyl (C=O) groups is 2. The zero-order valence-corrected chi connectivity index (χ0v) is 11.9. The van der Waals surface area contributed by atoms with E-state index in [1.165, 1.54) is 6.20 Å². The first-order valence-corrected chi connectivity index (χ1v) is 6.67. The molecule has 0 saturated carbocycles. The van der Waals surface area contributed by atoms with Crippen LogP contribution in [-0.2, 0) is 17.8 Å². The number of benzene rings is 1. The van der Waals surface area contributed by atoms with Gasteiger partial charge in [-0.15, -0.1) is 0 Å².